The fraction of sp³-hybridized carbons (Fsp3) is 0.368. The molecular weight excluding hydrogens is 272 g/mol. The first-order chi connectivity index (χ1) is 10.7. The van der Waals surface area contributed by atoms with E-state index in [0.29, 0.717) is 0 Å². The summed E-state index contributed by atoms with van der Waals surface area (Å²) in [5.74, 6) is 0.907. The molecule has 1 N–H and O–H groups in total. The van der Waals surface area contributed by atoms with Gasteiger partial charge in [-0.15, -0.1) is 0 Å². The first-order valence-corrected chi connectivity index (χ1v) is 8.00. The number of hydrogen-bond acceptors (Lipinski definition) is 3. The van der Waals surface area contributed by atoms with Gasteiger partial charge in [0.1, 0.15) is 12.4 Å². The Balaban J connectivity index is 1.90. The number of hydrogen-bond donors (Lipinski definition) is 1. The minimum Gasteiger partial charge on any atom is -0.492 e. The van der Waals surface area contributed by atoms with Gasteiger partial charge in [-0.3, -0.25) is 0 Å². The van der Waals surface area contributed by atoms with Gasteiger partial charge in [-0.2, -0.15) is 0 Å². The Hall–Kier alpha value is -2.00. The van der Waals surface area contributed by atoms with Crippen molar-refractivity contribution in [1.29, 1.82) is 0 Å². The average Bonchev–Trinajstić information content (AvgIpc) is 2.54. The summed E-state index contributed by atoms with van der Waals surface area (Å²) in [5, 5.41) is 3.40. The van der Waals surface area contributed by atoms with Crippen LogP contribution in [0.15, 0.2) is 48.5 Å². The maximum absolute atomic E-state index is 5.86. The van der Waals surface area contributed by atoms with Crippen LogP contribution in [0.4, 0.5) is 11.4 Å². The van der Waals surface area contributed by atoms with Gasteiger partial charge in [-0.25, -0.2) is 0 Å². The zero-order valence-corrected chi connectivity index (χ0v) is 13.8. The van der Waals surface area contributed by atoms with Gasteiger partial charge in [0.25, 0.3) is 0 Å². The van der Waals surface area contributed by atoms with Gasteiger partial charge in [0, 0.05) is 24.0 Å². The second-order valence-electron chi connectivity index (χ2n) is 5.39. The topological polar surface area (TPSA) is 24.5 Å². The molecule has 3 nitrogen and oxygen atoms in total. The van der Waals surface area contributed by atoms with E-state index in [2.05, 4.69) is 61.3 Å². The van der Waals surface area contributed by atoms with E-state index in [9.17, 15) is 0 Å². The highest BCUT2D eigenvalue weighted by molar-refractivity contribution is 5.61. The van der Waals surface area contributed by atoms with Crippen molar-refractivity contribution in [3.63, 3.8) is 0 Å². The van der Waals surface area contributed by atoms with E-state index in [0.717, 1.165) is 43.4 Å². The van der Waals surface area contributed by atoms with Crippen LogP contribution in [0.2, 0.25) is 0 Å². The van der Waals surface area contributed by atoms with Crippen molar-refractivity contribution in [3.8, 4) is 5.75 Å². The Kier molecular flexibility index (Phi) is 6.28. The molecule has 118 valence electrons. The van der Waals surface area contributed by atoms with Gasteiger partial charge in [-0.05, 0) is 44.3 Å². The van der Waals surface area contributed by atoms with Crippen LogP contribution in [-0.4, -0.2) is 31.1 Å². The summed E-state index contributed by atoms with van der Waals surface area (Å²) in [6.07, 6.45) is 0. The smallest absolute Gasteiger partial charge is 0.121 e. The molecule has 2 rings (SSSR count). The van der Waals surface area contributed by atoms with Crippen molar-refractivity contribution >= 4 is 11.4 Å². The summed E-state index contributed by atoms with van der Waals surface area (Å²) < 4.78 is 5.86. The van der Waals surface area contributed by atoms with Crippen LogP contribution >= 0.6 is 0 Å². The fourth-order valence-corrected chi connectivity index (χ4v) is 2.30. The van der Waals surface area contributed by atoms with E-state index >= 15 is 0 Å². The third kappa shape index (κ3) is 5.08. The molecular formula is C19H26N2O. The van der Waals surface area contributed by atoms with Gasteiger partial charge in [0.15, 0.2) is 0 Å². The Morgan fingerprint density at radius 2 is 1.68 bits per heavy atom. The van der Waals surface area contributed by atoms with Gasteiger partial charge in [0.05, 0.1) is 0 Å². The Morgan fingerprint density at radius 3 is 2.36 bits per heavy atom. The molecule has 3 heteroatoms. The highest BCUT2D eigenvalue weighted by atomic mass is 16.5. The van der Waals surface area contributed by atoms with Crippen molar-refractivity contribution in [2.45, 2.75) is 20.8 Å². The molecule has 0 saturated heterocycles. The average molecular weight is 298 g/mol. The van der Waals surface area contributed by atoms with Gasteiger partial charge < -0.3 is 15.0 Å². The largest absolute Gasteiger partial charge is 0.492 e. The van der Waals surface area contributed by atoms with E-state index in [4.69, 9.17) is 4.74 Å². The summed E-state index contributed by atoms with van der Waals surface area (Å²) in [6.45, 7) is 10.3. The molecule has 22 heavy (non-hydrogen) atoms. The lowest BCUT2D eigenvalue weighted by molar-refractivity contribution is 0.223. The molecule has 0 fully saturated rings. The molecule has 2 aromatic rings. The summed E-state index contributed by atoms with van der Waals surface area (Å²) >= 11 is 0. The van der Waals surface area contributed by atoms with E-state index in [1.54, 1.807) is 0 Å². The quantitative estimate of drug-likeness (QED) is 0.778. The second-order valence-corrected chi connectivity index (χ2v) is 5.39. The van der Waals surface area contributed by atoms with Crippen LogP contribution in [0.3, 0.4) is 0 Å². The summed E-state index contributed by atoms with van der Waals surface area (Å²) in [6, 6.07) is 16.5. The number of anilines is 2. The van der Waals surface area contributed by atoms with E-state index < -0.39 is 0 Å². The summed E-state index contributed by atoms with van der Waals surface area (Å²) in [7, 11) is 0. The van der Waals surface area contributed by atoms with Gasteiger partial charge in [0.2, 0.25) is 0 Å². The van der Waals surface area contributed by atoms with Gasteiger partial charge in [-0.1, -0.05) is 37.6 Å². The van der Waals surface area contributed by atoms with Crippen LogP contribution < -0.4 is 10.1 Å². The highest BCUT2D eigenvalue weighted by Gasteiger charge is 2.01. The lowest BCUT2D eigenvalue weighted by Crippen LogP contribution is -2.27. The highest BCUT2D eigenvalue weighted by Crippen LogP contribution is 2.21. The number of nitrogens with zero attached hydrogens (tertiary/aromatic N) is 1. The predicted molar refractivity (Wildman–Crippen MR) is 94.2 cm³/mol. The normalized spacial score (nSPS) is 10.7. The van der Waals surface area contributed by atoms with Gasteiger partial charge >= 0.3 is 0 Å². The zero-order valence-electron chi connectivity index (χ0n) is 13.8. The van der Waals surface area contributed by atoms with Crippen molar-refractivity contribution < 1.29 is 4.74 Å². The Morgan fingerprint density at radius 1 is 0.955 bits per heavy atom. The minimum atomic E-state index is 0.718. The third-order valence-electron chi connectivity index (χ3n) is 3.74. The number of ether oxygens (including phenoxy) is 1. The van der Waals surface area contributed by atoms with Crippen LogP contribution in [0.25, 0.3) is 0 Å². The minimum absolute atomic E-state index is 0.718. The molecule has 0 atom stereocenters. The number of rotatable bonds is 8. The number of nitrogens with one attached hydrogen (secondary N) is 1. The summed E-state index contributed by atoms with van der Waals surface area (Å²) in [4.78, 5) is 2.36. The monoisotopic (exact) mass is 298 g/mol. The molecule has 0 radical (unpaired) electrons. The van der Waals surface area contributed by atoms with Crippen molar-refractivity contribution in [1.82, 2.24) is 4.90 Å². The molecule has 0 bridgehead atoms. The summed E-state index contributed by atoms with van der Waals surface area (Å²) in [5.41, 5.74) is 3.40. The molecule has 0 saturated carbocycles. The zero-order chi connectivity index (χ0) is 15.8. The van der Waals surface area contributed by atoms with Crippen LogP contribution in [-0.2, 0) is 0 Å². The van der Waals surface area contributed by atoms with E-state index in [1.165, 1.54) is 5.56 Å². The van der Waals surface area contributed by atoms with Crippen LogP contribution in [0, 0.1) is 6.92 Å². The van der Waals surface area contributed by atoms with E-state index in [1.807, 2.05) is 18.2 Å². The first-order valence-electron chi connectivity index (χ1n) is 8.00. The second kappa shape index (κ2) is 8.44. The standard InChI is InChI=1S/C19H26N2O/c1-4-21(5-2)13-14-22-19-8-6-7-18(15-19)20-17-11-9-16(3)10-12-17/h6-12,15,20H,4-5,13-14H2,1-3H3. The Labute approximate surface area is 133 Å². The molecule has 0 aliphatic rings. The maximum Gasteiger partial charge on any atom is 0.121 e. The van der Waals surface area contributed by atoms with E-state index in [-0.39, 0.29) is 0 Å². The van der Waals surface area contributed by atoms with Crippen molar-refractivity contribution in [2.75, 3.05) is 31.6 Å². The maximum atomic E-state index is 5.86. The van der Waals surface area contributed by atoms with Crippen LogP contribution in [0.1, 0.15) is 19.4 Å². The lowest BCUT2D eigenvalue weighted by atomic mass is 10.2. The molecule has 0 aliphatic heterocycles. The van der Waals surface area contributed by atoms with Crippen molar-refractivity contribution in [2.24, 2.45) is 0 Å². The SMILES string of the molecule is CCN(CC)CCOc1cccc(Nc2ccc(C)cc2)c1. The molecule has 0 amide bonds. The third-order valence-corrected chi connectivity index (χ3v) is 3.74. The number of likely N-dealkylation sites (N-methyl/N-ethyl adjacent to an activating group) is 1. The van der Waals surface area contributed by atoms with Crippen LogP contribution in [0.5, 0.6) is 5.75 Å². The fourth-order valence-electron chi connectivity index (χ4n) is 2.30. The predicted octanol–water partition coefficient (Wildman–Crippen LogP) is 4.46. The molecule has 0 aromatic heterocycles. The molecule has 0 unspecified atom stereocenters. The molecule has 0 spiro atoms. The lowest BCUT2D eigenvalue weighted by Gasteiger charge is -2.18. The van der Waals surface area contributed by atoms with Crippen molar-refractivity contribution in [3.05, 3.63) is 54.1 Å². The Bertz CT molecular complexity index is 562. The molecule has 0 aliphatic carbocycles. The molecule has 2 aromatic carbocycles. The first kappa shape index (κ1) is 16.4. The number of aryl methyl sites for hydroxylation is 1. The number of benzene rings is 2. The molecule has 0 heterocycles.